The Labute approximate surface area is 183 Å². The van der Waals surface area contributed by atoms with E-state index in [0.29, 0.717) is 5.02 Å². The lowest BCUT2D eigenvalue weighted by atomic mass is 10.1. The van der Waals surface area contributed by atoms with Crippen LogP contribution in [0.5, 0.6) is 0 Å². The fourth-order valence-electron chi connectivity index (χ4n) is 3.27. The van der Waals surface area contributed by atoms with Crippen LogP contribution in [0.15, 0.2) is 54.7 Å². The van der Waals surface area contributed by atoms with Crippen LogP contribution in [-0.2, 0) is 6.18 Å². The van der Waals surface area contributed by atoms with Crippen molar-refractivity contribution in [2.75, 3.05) is 20.6 Å². The average Bonchev–Trinajstić information content (AvgIpc) is 3.15. The lowest BCUT2D eigenvalue weighted by Gasteiger charge is -2.26. The molecule has 0 fully saturated rings. The predicted octanol–water partition coefficient (Wildman–Crippen LogP) is 4.89. The fourth-order valence-corrected chi connectivity index (χ4v) is 3.53. The molecule has 0 aliphatic heterocycles. The fraction of sp³-hybridized carbons (Fsp3) is 0.273. The number of hydrogen-bond donors (Lipinski definition) is 1. The van der Waals surface area contributed by atoms with Crippen LogP contribution in [-0.4, -0.2) is 41.2 Å². The van der Waals surface area contributed by atoms with Crippen LogP contribution in [0.4, 0.5) is 13.2 Å². The number of hydrogen-bond acceptors (Lipinski definition) is 3. The van der Waals surface area contributed by atoms with Gasteiger partial charge >= 0.3 is 6.18 Å². The lowest BCUT2D eigenvalue weighted by Crippen LogP contribution is -2.35. The molecule has 1 amide bonds. The molecule has 31 heavy (non-hydrogen) atoms. The minimum atomic E-state index is -4.77. The molecule has 1 aromatic heterocycles. The molecule has 0 aliphatic rings. The molecule has 9 heteroatoms. The van der Waals surface area contributed by atoms with E-state index in [-0.39, 0.29) is 18.3 Å². The number of nitrogens with one attached hydrogen (secondary N) is 1. The molecule has 3 rings (SSSR count). The second kappa shape index (κ2) is 9.11. The van der Waals surface area contributed by atoms with E-state index < -0.39 is 23.3 Å². The van der Waals surface area contributed by atoms with Gasteiger partial charge in [0.15, 0.2) is 5.69 Å². The van der Waals surface area contributed by atoms with Gasteiger partial charge in [0, 0.05) is 11.6 Å². The summed E-state index contributed by atoms with van der Waals surface area (Å²) in [5, 5.41) is 6.95. The van der Waals surface area contributed by atoms with E-state index in [9.17, 15) is 18.0 Å². The van der Waals surface area contributed by atoms with Crippen molar-refractivity contribution in [3.05, 3.63) is 82.1 Å². The molecule has 0 saturated carbocycles. The number of aromatic nitrogens is 2. The number of carbonyl (C=O) groups is 1. The minimum Gasteiger partial charge on any atom is -0.350 e. The molecule has 2 aromatic carbocycles. The van der Waals surface area contributed by atoms with E-state index in [1.165, 1.54) is 12.1 Å². The molecule has 1 heterocycles. The maximum atomic E-state index is 13.8. The molecule has 5 nitrogen and oxygen atoms in total. The summed E-state index contributed by atoms with van der Waals surface area (Å²) in [6.45, 7) is 1.90. The second-order valence-corrected chi connectivity index (χ2v) is 7.77. The highest BCUT2D eigenvalue weighted by Gasteiger charge is 2.40. The Hall–Kier alpha value is -2.84. The van der Waals surface area contributed by atoms with Gasteiger partial charge < -0.3 is 10.2 Å². The van der Waals surface area contributed by atoms with Crippen molar-refractivity contribution in [3.63, 3.8) is 0 Å². The molecule has 1 N–H and O–H groups in total. The topological polar surface area (TPSA) is 50.2 Å². The van der Waals surface area contributed by atoms with Gasteiger partial charge in [0.2, 0.25) is 0 Å². The first kappa shape index (κ1) is 22.8. The Balaban J connectivity index is 1.89. The van der Waals surface area contributed by atoms with Crippen LogP contribution in [0.25, 0.3) is 5.69 Å². The molecule has 1 unspecified atom stereocenters. The Bertz CT molecular complexity index is 1060. The number of benzene rings is 2. The van der Waals surface area contributed by atoms with E-state index in [1.807, 2.05) is 24.0 Å². The van der Waals surface area contributed by atoms with E-state index in [0.717, 1.165) is 22.0 Å². The standard InChI is InChI=1S/C22H22ClF3N4O/c1-14-8-10-15(11-9-14)30-20(22(24,25)26)17(12-28-30)21(31)27-13-19(29(2)3)16-6-4-5-7-18(16)23/h4-12,19H,13H2,1-3H3,(H,27,31). The molecular weight excluding hydrogens is 429 g/mol. The van der Waals surface area contributed by atoms with Crippen LogP contribution >= 0.6 is 11.6 Å². The van der Waals surface area contributed by atoms with Crippen LogP contribution in [0.1, 0.15) is 33.2 Å². The molecule has 1 atom stereocenters. The normalized spacial score (nSPS) is 12.8. The van der Waals surface area contributed by atoms with Crippen molar-refractivity contribution in [2.45, 2.75) is 19.1 Å². The Morgan fingerprint density at radius 3 is 2.39 bits per heavy atom. The second-order valence-electron chi connectivity index (χ2n) is 7.36. The summed E-state index contributed by atoms with van der Waals surface area (Å²) in [6.07, 6.45) is -3.82. The molecular formula is C22H22ClF3N4O. The third-order valence-electron chi connectivity index (χ3n) is 4.90. The third kappa shape index (κ3) is 5.08. The number of aryl methyl sites for hydroxylation is 1. The smallest absolute Gasteiger partial charge is 0.350 e. The summed E-state index contributed by atoms with van der Waals surface area (Å²) >= 11 is 6.26. The maximum absolute atomic E-state index is 13.8. The molecule has 0 saturated heterocycles. The SMILES string of the molecule is Cc1ccc(-n2ncc(C(=O)NCC(c3ccccc3Cl)N(C)C)c2C(F)(F)F)cc1. The van der Waals surface area contributed by atoms with Crippen LogP contribution in [0, 0.1) is 6.92 Å². The number of likely N-dealkylation sites (N-methyl/N-ethyl adjacent to an activating group) is 1. The molecule has 0 bridgehead atoms. The highest BCUT2D eigenvalue weighted by molar-refractivity contribution is 6.31. The zero-order chi connectivity index (χ0) is 22.8. The molecule has 3 aromatic rings. The number of carbonyl (C=O) groups excluding carboxylic acids is 1. The van der Waals surface area contributed by atoms with Gasteiger partial charge in [-0.05, 0) is 44.8 Å². The van der Waals surface area contributed by atoms with Gasteiger partial charge in [-0.3, -0.25) is 4.79 Å². The summed E-state index contributed by atoms with van der Waals surface area (Å²) in [7, 11) is 3.60. The number of halogens is 4. The number of rotatable bonds is 6. The zero-order valence-corrected chi connectivity index (χ0v) is 18.0. The van der Waals surface area contributed by atoms with Gasteiger partial charge in [-0.15, -0.1) is 0 Å². The molecule has 164 valence electrons. The van der Waals surface area contributed by atoms with E-state index in [2.05, 4.69) is 10.4 Å². The largest absolute Gasteiger partial charge is 0.434 e. The number of alkyl halides is 3. The minimum absolute atomic E-state index is 0.0720. The van der Waals surface area contributed by atoms with Gasteiger partial charge in [-0.1, -0.05) is 47.5 Å². The molecule has 0 radical (unpaired) electrons. The van der Waals surface area contributed by atoms with E-state index >= 15 is 0 Å². The maximum Gasteiger partial charge on any atom is 0.434 e. The van der Waals surface area contributed by atoms with Crippen molar-refractivity contribution in [1.82, 2.24) is 20.0 Å². The average molecular weight is 451 g/mol. The number of amides is 1. The van der Waals surface area contributed by atoms with Crippen molar-refractivity contribution in [2.24, 2.45) is 0 Å². The van der Waals surface area contributed by atoms with E-state index in [1.54, 1.807) is 38.4 Å². The van der Waals surface area contributed by atoms with Crippen molar-refractivity contribution >= 4 is 17.5 Å². The Kier molecular flexibility index (Phi) is 6.71. The van der Waals surface area contributed by atoms with Crippen molar-refractivity contribution in [3.8, 4) is 5.69 Å². The number of nitrogens with zero attached hydrogens (tertiary/aromatic N) is 3. The summed E-state index contributed by atoms with van der Waals surface area (Å²) in [4.78, 5) is 14.6. The van der Waals surface area contributed by atoms with Gasteiger partial charge in [0.1, 0.15) is 0 Å². The quantitative estimate of drug-likeness (QED) is 0.582. The van der Waals surface area contributed by atoms with Gasteiger partial charge in [0.05, 0.1) is 23.5 Å². The summed E-state index contributed by atoms with van der Waals surface area (Å²) in [6, 6.07) is 13.2. The lowest BCUT2D eigenvalue weighted by molar-refractivity contribution is -0.143. The summed E-state index contributed by atoms with van der Waals surface area (Å²) in [5.41, 5.74) is 0.231. The Morgan fingerprint density at radius 1 is 1.16 bits per heavy atom. The van der Waals surface area contributed by atoms with Crippen LogP contribution < -0.4 is 5.32 Å². The van der Waals surface area contributed by atoms with Crippen molar-refractivity contribution < 1.29 is 18.0 Å². The van der Waals surface area contributed by atoms with Crippen LogP contribution in [0.3, 0.4) is 0 Å². The monoisotopic (exact) mass is 450 g/mol. The first-order valence-electron chi connectivity index (χ1n) is 9.51. The van der Waals surface area contributed by atoms with Crippen LogP contribution in [0.2, 0.25) is 5.02 Å². The molecule has 0 aliphatic carbocycles. The predicted molar refractivity (Wildman–Crippen MR) is 114 cm³/mol. The van der Waals surface area contributed by atoms with E-state index in [4.69, 9.17) is 11.6 Å². The highest BCUT2D eigenvalue weighted by Crippen LogP contribution is 2.34. The summed E-state index contributed by atoms with van der Waals surface area (Å²) in [5.74, 6) is -0.857. The van der Waals surface area contributed by atoms with Gasteiger partial charge in [-0.25, -0.2) is 4.68 Å². The molecule has 0 spiro atoms. The van der Waals surface area contributed by atoms with Gasteiger partial charge in [0.25, 0.3) is 5.91 Å². The Morgan fingerprint density at radius 2 is 1.81 bits per heavy atom. The first-order chi connectivity index (χ1) is 14.6. The zero-order valence-electron chi connectivity index (χ0n) is 17.2. The third-order valence-corrected chi connectivity index (χ3v) is 5.25. The van der Waals surface area contributed by atoms with Gasteiger partial charge in [-0.2, -0.15) is 18.3 Å². The highest BCUT2D eigenvalue weighted by atomic mass is 35.5. The summed E-state index contributed by atoms with van der Waals surface area (Å²) < 4.78 is 42.3. The first-order valence-corrected chi connectivity index (χ1v) is 9.88. The van der Waals surface area contributed by atoms with Crippen molar-refractivity contribution in [1.29, 1.82) is 0 Å².